The van der Waals surface area contributed by atoms with Crippen LogP contribution in [-0.2, 0) is 9.47 Å². The molecule has 1 atom stereocenters. The summed E-state index contributed by atoms with van der Waals surface area (Å²) >= 11 is 0. The minimum absolute atomic E-state index is 0.0220. The smallest absolute Gasteiger partial charge is 0.419 e. The molecule has 1 aliphatic carbocycles. The number of carbonyl (C=O) groups excluding carboxylic acids is 2. The van der Waals surface area contributed by atoms with E-state index in [2.05, 4.69) is 6.08 Å². The molecule has 28 heavy (non-hydrogen) atoms. The van der Waals surface area contributed by atoms with E-state index in [1.165, 1.54) is 4.57 Å². The van der Waals surface area contributed by atoms with E-state index in [1.807, 2.05) is 53.3 Å². The first-order valence-corrected chi connectivity index (χ1v) is 9.48. The van der Waals surface area contributed by atoms with Crippen LogP contribution in [0, 0.1) is 0 Å². The lowest BCUT2D eigenvalue weighted by molar-refractivity contribution is 0.0514. The summed E-state index contributed by atoms with van der Waals surface area (Å²) in [6.45, 7) is 4.04. The number of esters is 1. The van der Waals surface area contributed by atoms with Crippen LogP contribution >= 0.6 is 0 Å². The maximum Gasteiger partial charge on any atom is 0.419 e. The van der Waals surface area contributed by atoms with Gasteiger partial charge in [0.25, 0.3) is 0 Å². The topological polar surface area (TPSA) is 62.5 Å². The van der Waals surface area contributed by atoms with Crippen LogP contribution < -0.4 is 0 Å². The predicted octanol–water partition coefficient (Wildman–Crippen LogP) is 4.83. The van der Waals surface area contributed by atoms with Crippen LogP contribution in [0.1, 0.15) is 36.8 Å². The summed E-state index contributed by atoms with van der Waals surface area (Å²) in [4.78, 5) is 25.7. The molecule has 3 aromatic rings. The summed E-state index contributed by atoms with van der Waals surface area (Å²) in [5.74, 6) is -0.450. The molecule has 144 valence electrons. The molecule has 2 heterocycles. The molecule has 1 unspecified atom stereocenters. The molecule has 0 saturated carbocycles. The number of hydrogen-bond donors (Lipinski definition) is 0. The average molecular weight is 378 g/mol. The van der Waals surface area contributed by atoms with Gasteiger partial charge in [0.2, 0.25) is 0 Å². The summed E-state index contributed by atoms with van der Waals surface area (Å²) in [5, 5.41) is 1.72. The first-order chi connectivity index (χ1) is 13.7. The molecule has 2 aromatic heterocycles. The van der Waals surface area contributed by atoms with Crippen molar-refractivity contribution in [1.29, 1.82) is 0 Å². The normalized spacial score (nSPS) is 16.0. The molecule has 1 aromatic carbocycles. The van der Waals surface area contributed by atoms with E-state index in [4.69, 9.17) is 9.47 Å². The van der Waals surface area contributed by atoms with Crippen LogP contribution in [0.15, 0.2) is 54.8 Å². The number of para-hydroxylation sites is 1. The van der Waals surface area contributed by atoms with Crippen LogP contribution in [0.3, 0.4) is 0 Å². The van der Waals surface area contributed by atoms with Gasteiger partial charge in [-0.05, 0) is 26.3 Å². The van der Waals surface area contributed by atoms with Gasteiger partial charge >= 0.3 is 12.1 Å². The van der Waals surface area contributed by atoms with Crippen molar-refractivity contribution in [3.8, 4) is 0 Å². The Morgan fingerprint density at radius 1 is 1.07 bits per heavy atom. The summed E-state index contributed by atoms with van der Waals surface area (Å²) < 4.78 is 14.0. The molecule has 0 spiro atoms. The SMILES string of the molecule is CCOC(=O)c1c2c(cn1C1C=CC=CC1)c1ccccc1n2C(=O)OCC. The Bertz CT molecular complexity index is 1120. The van der Waals surface area contributed by atoms with Crippen LogP contribution in [-0.4, -0.2) is 34.4 Å². The van der Waals surface area contributed by atoms with Gasteiger partial charge in [0.15, 0.2) is 5.69 Å². The molecule has 0 radical (unpaired) electrons. The van der Waals surface area contributed by atoms with Crippen molar-refractivity contribution < 1.29 is 19.1 Å². The summed E-state index contributed by atoms with van der Waals surface area (Å²) in [6.07, 6.45) is 10.2. The number of hydrogen-bond acceptors (Lipinski definition) is 4. The second kappa shape index (κ2) is 7.38. The molecule has 0 saturated heterocycles. The molecule has 6 heteroatoms. The second-order valence-corrected chi connectivity index (χ2v) is 6.54. The van der Waals surface area contributed by atoms with Crippen molar-refractivity contribution >= 4 is 33.9 Å². The first-order valence-electron chi connectivity index (χ1n) is 9.48. The van der Waals surface area contributed by atoms with Gasteiger partial charge in [-0.2, -0.15) is 0 Å². The molecule has 4 rings (SSSR count). The van der Waals surface area contributed by atoms with Gasteiger partial charge in [-0.25, -0.2) is 14.2 Å². The number of allylic oxidation sites excluding steroid dienone is 4. The monoisotopic (exact) mass is 378 g/mol. The molecular formula is C22H22N2O4. The van der Waals surface area contributed by atoms with Crippen molar-refractivity contribution in [3.63, 3.8) is 0 Å². The van der Waals surface area contributed by atoms with Gasteiger partial charge in [-0.3, -0.25) is 0 Å². The summed E-state index contributed by atoms with van der Waals surface area (Å²) in [5.41, 5.74) is 1.61. The zero-order valence-corrected chi connectivity index (χ0v) is 15.9. The highest BCUT2D eigenvalue weighted by Gasteiger charge is 2.29. The third-order valence-electron chi connectivity index (χ3n) is 4.90. The van der Waals surface area contributed by atoms with E-state index in [0.717, 1.165) is 17.2 Å². The van der Waals surface area contributed by atoms with E-state index in [0.29, 0.717) is 16.7 Å². The van der Waals surface area contributed by atoms with Gasteiger partial charge in [-0.15, -0.1) is 0 Å². The fourth-order valence-corrected chi connectivity index (χ4v) is 3.77. The van der Waals surface area contributed by atoms with Crippen molar-refractivity contribution in [3.05, 3.63) is 60.5 Å². The van der Waals surface area contributed by atoms with E-state index in [1.54, 1.807) is 13.8 Å². The lowest BCUT2D eigenvalue weighted by Crippen LogP contribution is -2.19. The van der Waals surface area contributed by atoms with Gasteiger partial charge in [-0.1, -0.05) is 42.5 Å². The van der Waals surface area contributed by atoms with Gasteiger partial charge in [0.1, 0.15) is 0 Å². The largest absolute Gasteiger partial charge is 0.461 e. The zero-order valence-electron chi connectivity index (χ0n) is 15.9. The number of fused-ring (bicyclic) bond motifs is 3. The Hall–Kier alpha value is -3.28. The Balaban J connectivity index is 2.06. The van der Waals surface area contributed by atoms with Crippen molar-refractivity contribution in [2.24, 2.45) is 0 Å². The van der Waals surface area contributed by atoms with E-state index in [9.17, 15) is 9.59 Å². The molecular weight excluding hydrogens is 356 g/mol. The Morgan fingerprint density at radius 2 is 1.86 bits per heavy atom. The van der Waals surface area contributed by atoms with E-state index >= 15 is 0 Å². The predicted molar refractivity (Wildman–Crippen MR) is 108 cm³/mol. The standard InChI is InChI=1S/C22H22N2O4/c1-3-27-21(25)20-19-17(14-23(20)15-10-6-5-7-11-15)16-12-8-9-13-18(16)24(19)22(26)28-4-2/h5-10,12-15H,3-4,11H2,1-2H3. The van der Waals surface area contributed by atoms with Crippen molar-refractivity contribution in [2.75, 3.05) is 13.2 Å². The van der Waals surface area contributed by atoms with Crippen LogP contribution in [0.5, 0.6) is 0 Å². The first kappa shape index (κ1) is 18.1. The minimum atomic E-state index is -0.504. The maximum absolute atomic E-state index is 12.9. The number of carbonyl (C=O) groups is 2. The number of rotatable bonds is 4. The molecule has 0 fully saturated rings. The molecule has 6 nitrogen and oxygen atoms in total. The van der Waals surface area contributed by atoms with Gasteiger partial charge < -0.3 is 14.0 Å². The Kier molecular flexibility index (Phi) is 4.77. The minimum Gasteiger partial charge on any atom is -0.461 e. The molecule has 1 aliphatic rings. The van der Waals surface area contributed by atoms with Crippen LogP contribution in [0.25, 0.3) is 21.8 Å². The quantitative estimate of drug-likeness (QED) is 0.610. The van der Waals surface area contributed by atoms with Gasteiger partial charge in [0, 0.05) is 17.0 Å². The van der Waals surface area contributed by atoms with Crippen molar-refractivity contribution in [1.82, 2.24) is 9.13 Å². The molecule has 0 N–H and O–H groups in total. The Morgan fingerprint density at radius 3 is 2.57 bits per heavy atom. The van der Waals surface area contributed by atoms with Gasteiger partial charge in [0.05, 0.1) is 30.3 Å². The third-order valence-corrected chi connectivity index (χ3v) is 4.90. The Labute approximate surface area is 162 Å². The van der Waals surface area contributed by atoms with Crippen LogP contribution in [0.2, 0.25) is 0 Å². The number of ether oxygens (including phenoxy) is 2. The number of nitrogens with zero attached hydrogens (tertiary/aromatic N) is 2. The highest BCUT2D eigenvalue weighted by molar-refractivity contribution is 6.18. The van der Waals surface area contributed by atoms with E-state index in [-0.39, 0.29) is 19.3 Å². The zero-order chi connectivity index (χ0) is 19.7. The lowest BCUT2D eigenvalue weighted by Gasteiger charge is -2.18. The van der Waals surface area contributed by atoms with Crippen LogP contribution in [0.4, 0.5) is 4.79 Å². The highest BCUT2D eigenvalue weighted by atomic mass is 16.5. The fraction of sp³-hybridized carbons (Fsp3) is 0.273. The highest BCUT2D eigenvalue weighted by Crippen LogP contribution is 2.36. The lowest BCUT2D eigenvalue weighted by atomic mass is 10.1. The summed E-state index contributed by atoms with van der Waals surface area (Å²) in [6, 6.07) is 7.56. The maximum atomic E-state index is 12.9. The molecule has 0 bridgehead atoms. The average Bonchev–Trinajstić information content (AvgIpc) is 3.24. The summed E-state index contributed by atoms with van der Waals surface area (Å²) in [7, 11) is 0. The number of benzene rings is 1. The second-order valence-electron chi connectivity index (χ2n) is 6.54. The van der Waals surface area contributed by atoms with E-state index < -0.39 is 12.1 Å². The van der Waals surface area contributed by atoms with Crippen molar-refractivity contribution in [2.45, 2.75) is 26.3 Å². The number of aromatic nitrogens is 2. The fourth-order valence-electron chi connectivity index (χ4n) is 3.77. The molecule has 0 amide bonds. The third kappa shape index (κ3) is 2.81. The molecule has 0 aliphatic heterocycles.